The van der Waals surface area contributed by atoms with Crippen LogP contribution in [0, 0.1) is 0 Å². The second-order valence-corrected chi connectivity index (χ2v) is 8.09. The van der Waals surface area contributed by atoms with Gasteiger partial charge in [0.25, 0.3) is 0 Å². The van der Waals surface area contributed by atoms with Crippen LogP contribution in [0.3, 0.4) is 0 Å². The summed E-state index contributed by atoms with van der Waals surface area (Å²) in [5.74, 6) is 0.270. The largest absolute Gasteiger partial charge is 0.495 e. The molecule has 1 atom stereocenters. The highest BCUT2D eigenvalue weighted by Gasteiger charge is 2.38. The van der Waals surface area contributed by atoms with Crippen LogP contribution in [-0.2, 0) is 9.59 Å². The molecule has 0 radical (unpaired) electrons. The van der Waals surface area contributed by atoms with Crippen molar-refractivity contribution in [3.63, 3.8) is 0 Å². The van der Waals surface area contributed by atoms with E-state index in [9.17, 15) is 9.59 Å². The number of aliphatic imine (C=N–C) groups is 1. The van der Waals surface area contributed by atoms with Crippen LogP contribution >= 0.6 is 23.4 Å². The third kappa shape index (κ3) is 5.39. The number of thioether (sulfide) groups is 1. The number of hydrogen-bond donors (Lipinski definition) is 1. The number of nitrogens with one attached hydrogen (secondary N) is 1. The van der Waals surface area contributed by atoms with Crippen LogP contribution < -0.4 is 14.8 Å². The van der Waals surface area contributed by atoms with E-state index in [1.807, 2.05) is 30.3 Å². The second kappa shape index (κ2) is 10.4. The Morgan fingerprint density at radius 1 is 1.26 bits per heavy atom. The number of hydrogen-bond acceptors (Lipinski definition) is 6. The quantitative estimate of drug-likeness (QED) is 0.588. The van der Waals surface area contributed by atoms with Gasteiger partial charge in [-0.3, -0.25) is 14.5 Å². The molecule has 1 saturated heterocycles. The van der Waals surface area contributed by atoms with Gasteiger partial charge in [0, 0.05) is 25.1 Å². The molecule has 1 aliphatic heterocycles. The number of nitrogens with zero attached hydrogens (tertiary/aromatic N) is 2. The number of halogens is 1. The predicted molar refractivity (Wildman–Crippen MR) is 125 cm³/mol. The Balaban J connectivity index is 1.76. The maximum atomic E-state index is 12.9. The van der Waals surface area contributed by atoms with E-state index in [0.29, 0.717) is 33.9 Å². The summed E-state index contributed by atoms with van der Waals surface area (Å²) < 4.78 is 10.5. The number of carbonyl (C=O) groups is 2. The van der Waals surface area contributed by atoms with Crippen LogP contribution in [-0.4, -0.2) is 47.9 Å². The summed E-state index contributed by atoms with van der Waals surface area (Å²) >= 11 is 7.37. The smallest absolute Gasteiger partial charge is 0.242 e. The topological polar surface area (TPSA) is 80.2 Å². The van der Waals surface area contributed by atoms with Gasteiger partial charge in [0.1, 0.15) is 16.7 Å². The Hall–Kier alpha value is -2.97. The number of rotatable bonds is 8. The third-order valence-electron chi connectivity index (χ3n) is 4.43. The second-order valence-electron chi connectivity index (χ2n) is 6.51. The molecule has 7 nitrogen and oxygen atoms in total. The van der Waals surface area contributed by atoms with Gasteiger partial charge in [-0.05, 0) is 12.1 Å². The first kappa shape index (κ1) is 22.7. The van der Waals surface area contributed by atoms with Crippen molar-refractivity contribution in [2.24, 2.45) is 4.99 Å². The number of amides is 2. The van der Waals surface area contributed by atoms with Crippen LogP contribution in [0.25, 0.3) is 0 Å². The fourth-order valence-electron chi connectivity index (χ4n) is 2.96. The van der Waals surface area contributed by atoms with E-state index in [-0.39, 0.29) is 18.2 Å². The van der Waals surface area contributed by atoms with Crippen molar-refractivity contribution in [3.05, 3.63) is 60.1 Å². The van der Waals surface area contributed by atoms with Gasteiger partial charge < -0.3 is 14.8 Å². The van der Waals surface area contributed by atoms with E-state index in [1.165, 1.54) is 30.9 Å². The first-order valence-corrected chi connectivity index (χ1v) is 10.7. The highest BCUT2D eigenvalue weighted by Crippen LogP contribution is 2.37. The fourth-order valence-corrected chi connectivity index (χ4v) is 4.36. The van der Waals surface area contributed by atoms with Gasteiger partial charge in [0.15, 0.2) is 5.17 Å². The number of anilines is 1. The highest BCUT2D eigenvalue weighted by molar-refractivity contribution is 8.15. The van der Waals surface area contributed by atoms with E-state index in [0.717, 1.165) is 5.69 Å². The molecule has 0 saturated carbocycles. The molecule has 0 aromatic heterocycles. The van der Waals surface area contributed by atoms with Gasteiger partial charge in [-0.2, -0.15) is 0 Å². The molecular weight excluding hydrogens is 438 g/mol. The summed E-state index contributed by atoms with van der Waals surface area (Å²) in [6.45, 7) is 4.03. The van der Waals surface area contributed by atoms with E-state index < -0.39 is 5.25 Å². The van der Waals surface area contributed by atoms with Crippen molar-refractivity contribution in [2.45, 2.75) is 11.7 Å². The zero-order valence-corrected chi connectivity index (χ0v) is 18.7. The highest BCUT2D eigenvalue weighted by atomic mass is 35.5. The molecule has 1 heterocycles. The lowest BCUT2D eigenvalue weighted by molar-refractivity contribution is -0.127. The van der Waals surface area contributed by atoms with Crippen molar-refractivity contribution in [3.8, 4) is 11.5 Å². The Morgan fingerprint density at radius 3 is 2.61 bits per heavy atom. The lowest BCUT2D eigenvalue weighted by atomic mass is 10.2. The molecule has 0 unspecified atom stereocenters. The molecule has 2 amide bonds. The Bertz CT molecular complexity index is 1010. The van der Waals surface area contributed by atoms with Crippen LogP contribution in [0.1, 0.15) is 6.42 Å². The zero-order valence-electron chi connectivity index (χ0n) is 17.1. The maximum Gasteiger partial charge on any atom is 0.242 e. The SMILES string of the molecule is C=CCN1C(=O)[C@H](CC(=O)Nc2cc(OC)c(Cl)cc2OC)SC1=Nc1ccccc1. The first-order chi connectivity index (χ1) is 15.0. The summed E-state index contributed by atoms with van der Waals surface area (Å²) in [5.41, 5.74) is 1.14. The van der Waals surface area contributed by atoms with Crippen molar-refractivity contribution in [1.82, 2.24) is 4.90 Å². The monoisotopic (exact) mass is 459 g/mol. The number of benzene rings is 2. The molecule has 2 aromatic carbocycles. The number of carbonyl (C=O) groups excluding carboxylic acids is 2. The maximum absolute atomic E-state index is 12.9. The molecule has 3 rings (SSSR count). The predicted octanol–water partition coefficient (Wildman–Crippen LogP) is 4.50. The zero-order chi connectivity index (χ0) is 22.4. The summed E-state index contributed by atoms with van der Waals surface area (Å²) in [6.07, 6.45) is 1.60. The van der Waals surface area contributed by atoms with E-state index in [2.05, 4.69) is 16.9 Å². The van der Waals surface area contributed by atoms with E-state index in [4.69, 9.17) is 21.1 Å². The standard InChI is InChI=1S/C22H22ClN3O4S/c1-4-10-26-21(28)19(31-22(26)24-14-8-6-5-7-9-14)13-20(27)25-16-12-17(29-2)15(23)11-18(16)30-3/h4-9,11-12,19H,1,10,13H2,2-3H3,(H,25,27)/t19-/m0/s1. The molecule has 0 spiro atoms. The number of para-hydroxylation sites is 1. The molecule has 162 valence electrons. The molecule has 0 bridgehead atoms. The lowest BCUT2D eigenvalue weighted by Crippen LogP contribution is -2.33. The normalized spacial score (nSPS) is 17.0. The lowest BCUT2D eigenvalue weighted by Gasteiger charge is -2.15. The summed E-state index contributed by atoms with van der Waals surface area (Å²) in [5, 5.41) is 3.08. The van der Waals surface area contributed by atoms with E-state index in [1.54, 1.807) is 18.2 Å². The van der Waals surface area contributed by atoms with Gasteiger partial charge in [-0.1, -0.05) is 47.6 Å². The summed E-state index contributed by atoms with van der Waals surface area (Å²) in [6, 6.07) is 12.5. The van der Waals surface area contributed by atoms with Gasteiger partial charge >= 0.3 is 0 Å². The van der Waals surface area contributed by atoms with Crippen molar-refractivity contribution in [1.29, 1.82) is 0 Å². The van der Waals surface area contributed by atoms with Gasteiger partial charge in [-0.15, -0.1) is 6.58 Å². The minimum atomic E-state index is -0.595. The van der Waals surface area contributed by atoms with Gasteiger partial charge in [0.2, 0.25) is 11.8 Å². The first-order valence-electron chi connectivity index (χ1n) is 9.40. The minimum absolute atomic E-state index is 0.0287. The molecule has 1 aliphatic rings. The Morgan fingerprint density at radius 2 is 1.97 bits per heavy atom. The minimum Gasteiger partial charge on any atom is -0.495 e. The number of ether oxygens (including phenoxy) is 2. The third-order valence-corrected chi connectivity index (χ3v) is 5.90. The molecule has 1 N–H and O–H groups in total. The van der Waals surface area contributed by atoms with Crippen molar-refractivity contribution in [2.75, 3.05) is 26.1 Å². The number of amidine groups is 1. The summed E-state index contributed by atoms with van der Waals surface area (Å²) in [7, 11) is 2.96. The number of methoxy groups -OCH3 is 2. The molecule has 0 aliphatic carbocycles. The molecular formula is C22H22ClN3O4S. The Labute approximate surface area is 190 Å². The molecule has 1 fully saturated rings. The summed E-state index contributed by atoms with van der Waals surface area (Å²) in [4.78, 5) is 31.7. The van der Waals surface area contributed by atoms with Gasteiger partial charge in [0.05, 0.1) is 30.6 Å². The van der Waals surface area contributed by atoms with Crippen molar-refractivity contribution >= 4 is 51.7 Å². The fraction of sp³-hybridized carbons (Fsp3) is 0.227. The average Bonchev–Trinajstić information content (AvgIpc) is 3.04. The Kier molecular flexibility index (Phi) is 7.59. The molecule has 2 aromatic rings. The average molecular weight is 460 g/mol. The van der Waals surface area contributed by atoms with Crippen LogP contribution in [0.15, 0.2) is 60.1 Å². The van der Waals surface area contributed by atoms with Gasteiger partial charge in [-0.25, -0.2) is 4.99 Å². The van der Waals surface area contributed by atoms with Crippen LogP contribution in [0.2, 0.25) is 5.02 Å². The van der Waals surface area contributed by atoms with Crippen LogP contribution in [0.5, 0.6) is 11.5 Å². The molecule has 31 heavy (non-hydrogen) atoms. The van der Waals surface area contributed by atoms with Crippen molar-refractivity contribution < 1.29 is 19.1 Å². The van der Waals surface area contributed by atoms with Crippen LogP contribution in [0.4, 0.5) is 11.4 Å². The van der Waals surface area contributed by atoms with E-state index >= 15 is 0 Å². The molecule has 9 heteroatoms.